The van der Waals surface area contributed by atoms with E-state index < -0.39 is 5.76 Å². The third kappa shape index (κ3) is 2.94. The van der Waals surface area contributed by atoms with E-state index in [4.69, 9.17) is 32.4 Å². The van der Waals surface area contributed by atoms with Gasteiger partial charge < -0.3 is 9.15 Å². The first-order chi connectivity index (χ1) is 10.1. The van der Waals surface area contributed by atoms with Crippen LogP contribution in [-0.2, 0) is 0 Å². The highest BCUT2D eigenvalue weighted by Gasteiger charge is 2.12. The van der Waals surface area contributed by atoms with Crippen LogP contribution in [0.3, 0.4) is 0 Å². The third-order valence-electron chi connectivity index (χ3n) is 2.63. The van der Waals surface area contributed by atoms with Gasteiger partial charge in [0.25, 0.3) is 0 Å². The van der Waals surface area contributed by atoms with Crippen molar-refractivity contribution in [3.8, 4) is 17.5 Å². The van der Waals surface area contributed by atoms with Crippen LogP contribution in [0.2, 0.25) is 10.0 Å². The molecule has 106 valence electrons. The molecule has 0 amide bonds. The van der Waals surface area contributed by atoms with Crippen molar-refractivity contribution >= 4 is 23.2 Å². The van der Waals surface area contributed by atoms with Crippen LogP contribution in [0, 0.1) is 0 Å². The zero-order chi connectivity index (χ0) is 14.8. The van der Waals surface area contributed by atoms with Crippen molar-refractivity contribution < 1.29 is 9.15 Å². The molecule has 3 rings (SSSR count). The maximum atomic E-state index is 11.8. The SMILES string of the molecule is O=c1oc(Oc2ccccc2)nn1-c1ccc(Cl)c(Cl)c1. The topological polar surface area (TPSA) is 57.3 Å². The Morgan fingerprint density at radius 2 is 1.81 bits per heavy atom. The molecule has 5 nitrogen and oxygen atoms in total. The predicted octanol–water partition coefficient (Wildman–Crippen LogP) is 3.92. The van der Waals surface area contributed by atoms with Crippen LogP contribution in [0.4, 0.5) is 0 Å². The van der Waals surface area contributed by atoms with Gasteiger partial charge in [0.2, 0.25) is 0 Å². The summed E-state index contributed by atoms with van der Waals surface area (Å²) >= 11 is 11.7. The molecular weight excluding hydrogens is 315 g/mol. The minimum absolute atomic E-state index is 0.155. The normalized spacial score (nSPS) is 10.6. The van der Waals surface area contributed by atoms with Gasteiger partial charge >= 0.3 is 11.8 Å². The molecule has 2 aromatic carbocycles. The smallest absolute Gasteiger partial charge is 0.410 e. The number of hydrogen-bond donors (Lipinski definition) is 0. The molecule has 0 saturated heterocycles. The Bertz CT molecular complexity index is 828. The van der Waals surface area contributed by atoms with Crippen LogP contribution in [0.25, 0.3) is 5.69 Å². The number of para-hydroxylation sites is 1. The summed E-state index contributed by atoms with van der Waals surface area (Å²) in [6, 6.07) is 13.6. The van der Waals surface area contributed by atoms with Gasteiger partial charge in [0, 0.05) is 0 Å². The van der Waals surface area contributed by atoms with E-state index in [1.165, 1.54) is 6.07 Å². The number of rotatable bonds is 3. The molecule has 0 aliphatic rings. The fourth-order valence-electron chi connectivity index (χ4n) is 1.67. The van der Waals surface area contributed by atoms with Gasteiger partial charge in [0.1, 0.15) is 5.75 Å². The molecular formula is C14H8Cl2N2O3. The van der Waals surface area contributed by atoms with E-state index in [-0.39, 0.29) is 6.08 Å². The fraction of sp³-hybridized carbons (Fsp3) is 0. The Kier molecular flexibility index (Phi) is 3.68. The molecule has 1 aromatic heterocycles. The number of aromatic nitrogens is 2. The number of ether oxygens (including phenoxy) is 1. The molecule has 3 aromatic rings. The first-order valence-electron chi connectivity index (χ1n) is 5.92. The Labute approximate surface area is 129 Å². The Morgan fingerprint density at radius 1 is 1.05 bits per heavy atom. The number of halogens is 2. The third-order valence-corrected chi connectivity index (χ3v) is 3.36. The van der Waals surface area contributed by atoms with Crippen molar-refractivity contribution in [1.29, 1.82) is 0 Å². The number of nitrogens with zero attached hydrogens (tertiary/aromatic N) is 2. The Hall–Kier alpha value is -2.24. The lowest BCUT2D eigenvalue weighted by atomic mass is 10.3. The van der Waals surface area contributed by atoms with Crippen LogP contribution in [0.5, 0.6) is 11.8 Å². The molecule has 0 radical (unpaired) electrons. The number of benzene rings is 2. The van der Waals surface area contributed by atoms with Crippen LogP contribution in [-0.4, -0.2) is 9.78 Å². The summed E-state index contributed by atoms with van der Waals surface area (Å²) < 4.78 is 11.3. The van der Waals surface area contributed by atoms with E-state index in [0.717, 1.165) is 4.68 Å². The zero-order valence-corrected chi connectivity index (χ0v) is 12.0. The van der Waals surface area contributed by atoms with Gasteiger partial charge in [-0.05, 0) is 30.3 Å². The van der Waals surface area contributed by atoms with Gasteiger partial charge in [-0.1, -0.05) is 46.5 Å². The van der Waals surface area contributed by atoms with Gasteiger partial charge in [-0.3, -0.25) is 0 Å². The minimum atomic E-state index is -0.681. The van der Waals surface area contributed by atoms with Crippen LogP contribution >= 0.6 is 23.2 Å². The van der Waals surface area contributed by atoms with Crippen LogP contribution < -0.4 is 10.5 Å². The highest BCUT2D eigenvalue weighted by molar-refractivity contribution is 6.42. The van der Waals surface area contributed by atoms with E-state index in [1.54, 1.807) is 36.4 Å². The standard InChI is InChI=1S/C14H8Cl2N2O3/c15-11-7-6-9(8-12(11)16)18-14(19)21-13(17-18)20-10-4-2-1-3-5-10/h1-8H. The Balaban J connectivity index is 1.94. The van der Waals surface area contributed by atoms with Crippen molar-refractivity contribution in [2.75, 3.05) is 0 Å². The average molecular weight is 323 g/mol. The molecule has 0 unspecified atom stereocenters. The summed E-state index contributed by atoms with van der Waals surface area (Å²) in [6.45, 7) is 0. The summed E-state index contributed by atoms with van der Waals surface area (Å²) in [7, 11) is 0. The van der Waals surface area contributed by atoms with E-state index in [0.29, 0.717) is 21.5 Å². The lowest BCUT2D eigenvalue weighted by molar-refractivity contribution is 0.320. The maximum absolute atomic E-state index is 11.8. The number of hydrogen-bond acceptors (Lipinski definition) is 4. The van der Waals surface area contributed by atoms with E-state index in [9.17, 15) is 4.79 Å². The summed E-state index contributed by atoms with van der Waals surface area (Å²) in [5, 5.41) is 4.66. The van der Waals surface area contributed by atoms with Crippen molar-refractivity contribution in [1.82, 2.24) is 9.78 Å². The van der Waals surface area contributed by atoms with Crippen LogP contribution in [0.1, 0.15) is 0 Å². The van der Waals surface area contributed by atoms with E-state index in [2.05, 4.69) is 5.10 Å². The molecule has 1 heterocycles. The zero-order valence-electron chi connectivity index (χ0n) is 10.5. The summed E-state index contributed by atoms with van der Waals surface area (Å²) in [5.74, 6) is -0.167. The second kappa shape index (κ2) is 5.63. The van der Waals surface area contributed by atoms with E-state index in [1.807, 2.05) is 6.07 Å². The minimum Gasteiger partial charge on any atom is -0.410 e. The molecule has 0 aliphatic carbocycles. The maximum Gasteiger partial charge on any atom is 0.444 e. The molecule has 21 heavy (non-hydrogen) atoms. The molecule has 0 N–H and O–H groups in total. The summed E-state index contributed by atoms with van der Waals surface area (Å²) in [5.41, 5.74) is 0.432. The van der Waals surface area contributed by atoms with Crippen LogP contribution in [0.15, 0.2) is 57.7 Å². The van der Waals surface area contributed by atoms with Gasteiger partial charge in [-0.2, -0.15) is 4.68 Å². The van der Waals surface area contributed by atoms with Gasteiger partial charge in [-0.15, -0.1) is 0 Å². The predicted molar refractivity (Wildman–Crippen MR) is 78.6 cm³/mol. The lowest BCUT2D eigenvalue weighted by Crippen LogP contribution is -2.13. The molecule has 0 fully saturated rings. The van der Waals surface area contributed by atoms with Gasteiger partial charge in [-0.25, -0.2) is 4.79 Å². The van der Waals surface area contributed by atoms with Gasteiger partial charge in [0.15, 0.2) is 0 Å². The molecule has 0 spiro atoms. The quantitative estimate of drug-likeness (QED) is 0.733. The second-order valence-electron chi connectivity index (χ2n) is 4.06. The van der Waals surface area contributed by atoms with Crippen molar-refractivity contribution in [2.24, 2.45) is 0 Å². The lowest BCUT2D eigenvalue weighted by Gasteiger charge is -2.00. The van der Waals surface area contributed by atoms with Crippen molar-refractivity contribution in [3.63, 3.8) is 0 Å². The first kappa shape index (κ1) is 13.7. The molecule has 0 bridgehead atoms. The second-order valence-corrected chi connectivity index (χ2v) is 4.87. The Morgan fingerprint density at radius 3 is 2.52 bits per heavy atom. The highest BCUT2D eigenvalue weighted by Crippen LogP contribution is 2.24. The van der Waals surface area contributed by atoms with Gasteiger partial charge in [0.05, 0.1) is 15.7 Å². The molecule has 0 saturated carbocycles. The monoisotopic (exact) mass is 322 g/mol. The molecule has 7 heteroatoms. The molecule has 0 atom stereocenters. The van der Waals surface area contributed by atoms with E-state index >= 15 is 0 Å². The highest BCUT2D eigenvalue weighted by atomic mass is 35.5. The first-order valence-corrected chi connectivity index (χ1v) is 6.67. The average Bonchev–Trinajstić information content (AvgIpc) is 2.84. The summed E-state index contributed by atoms with van der Waals surface area (Å²) in [6.07, 6.45) is -0.155. The largest absolute Gasteiger partial charge is 0.444 e. The summed E-state index contributed by atoms with van der Waals surface area (Å²) in [4.78, 5) is 11.8. The van der Waals surface area contributed by atoms with Crippen molar-refractivity contribution in [3.05, 3.63) is 69.1 Å². The van der Waals surface area contributed by atoms with Crippen molar-refractivity contribution in [2.45, 2.75) is 0 Å². The molecule has 0 aliphatic heterocycles. The fourth-order valence-corrected chi connectivity index (χ4v) is 1.96.